The molecule has 100 valence electrons. The van der Waals surface area contributed by atoms with Crippen molar-refractivity contribution in [3.63, 3.8) is 0 Å². The Labute approximate surface area is 110 Å². The smallest absolute Gasteiger partial charge is 0.220 e. The second-order valence-electron chi connectivity index (χ2n) is 5.69. The molecule has 0 heterocycles. The van der Waals surface area contributed by atoms with Gasteiger partial charge in [0.15, 0.2) is 0 Å². The van der Waals surface area contributed by atoms with Gasteiger partial charge in [0.1, 0.15) is 0 Å². The Kier molecular flexibility index (Phi) is 6.39. The van der Waals surface area contributed by atoms with E-state index in [-0.39, 0.29) is 11.9 Å². The highest BCUT2D eigenvalue weighted by atomic mass is 32.2. The molecule has 0 saturated heterocycles. The summed E-state index contributed by atoms with van der Waals surface area (Å²) in [5.41, 5.74) is 0. The highest BCUT2D eigenvalue weighted by Crippen LogP contribution is 2.37. The molecule has 17 heavy (non-hydrogen) atoms. The maximum atomic E-state index is 11.8. The summed E-state index contributed by atoms with van der Waals surface area (Å²) in [4.78, 5) is 11.8. The molecular formula is C14H27NOS. The van der Waals surface area contributed by atoms with E-state index < -0.39 is 0 Å². The van der Waals surface area contributed by atoms with Gasteiger partial charge in [-0.05, 0) is 37.9 Å². The third kappa shape index (κ3) is 5.80. The molecule has 2 unspecified atom stereocenters. The van der Waals surface area contributed by atoms with E-state index in [1.54, 1.807) is 0 Å². The first-order valence-electron chi connectivity index (χ1n) is 6.94. The molecule has 1 rings (SSSR count). The van der Waals surface area contributed by atoms with Crippen molar-refractivity contribution in [2.45, 2.75) is 76.3 Å². The quantitative estimate of drug-likeness (QED) is 0.815. The van der Waals surface area contributed by atoms with E-state index in [1.165, 1.54) is 25.7 Å². The zero-order chi connectivity index (χ0) is 12.8. The lowest BCUT2D eigenvalue weighted by Gasteiger charge is -2.32. The number of amides is 1. The number of carbonyl (C=O) groups excluding carboxylic acids is 1. The number of thioether (sulfide) groups is 1. The van der Waals surface area contributed by atoms with E-state index >= 15 is 0 Å². The molecule has 2 atom stereocenters. The zero-order valence-electron chi connectivity index (χ0n) is 11.7. The van der Waals surface area contributed by atoms with Crippen LogP contribution in [0.25, 0.3) is 0 Å². The number of hydrogen-bond acceptors (Lipinski definition) is 2. The van der Waals surface area contributed by atoms with Crippen LogP contribution < -0.4 is 5.32 Å². The lowest BCUT2D eigenvalue weighted by Crippen LogP contribution is -2.34. The van der Waals surface area contributed by atoms with Gasteiger partial charge in [0, 0.05) is 17.7 Å². The highest BCUT2D eigenvalue weighted by Gasteiger charge is 2.28. The summed E-state index contributed by atoms with van der Waals surface area (Å²) in [6.45, 7) is 8.56. The van der Waals surface area contributed by atoms with Gasteiger partial charge in [-0.2, -0.15) is 11.8 Å². The van der Waals surface area contributed by atoms with Crippen LogP contribution in [0.15, 0.2) is 0 Å². The molecule has 1 fully saturated rings. The molecule has 1 amide bonds. The van der Waals surface area contributed by atoms with Crippen LogP contribution in [0.1, 0.15) is 59.8 Å². The lowest BCUT2D eigenvalue weighted by molar-refractivity contribution is -0.122. The van der Waals surface area contributed by atoms with Gasteiger partial charge in [0.25, 0.3) is 0 Å². The summed E-state index contributed by atoms with van der Waals surface area (Å²) in [5, 5.41) is 4.39. The Morgan fingerprint density at radius 2 is 1.88 bits per heavy atom. The van der Waals surface area contributed by atoms with Crippen LogP contribution in [0.3, 0.4) is 0 Å². The van der Waals surface area contributed by atoms with E-state index in [0.29, 0.717) is 16.4 Å². The molecule has 0 spiro atoms. The van der Waals surface area contributed by atoms with Gasteiger partial charge in [0.2, 0.25) is 5.91 Å². The normalized spacial score (nSPS) is 25.3. The number of carbonyl (C=O) groups is 1. The van der Waals surface area contributed by atoms with Crippen molar-refractivity contribution in [1.29, 1.82) is 0 Å². The van der Waals surface area contributed by atoms with Gasteiger partial charge in [-0.3, -0.25) is 4.79 Å². The van der Waals surface area contributed by atoms with Crippen LogP contribution in [-0.4, -0.2) is 22.4 Å². The van der Waals surface area contributed by atoms with E-state index in [1.807, 2.05) is 13.8 Å². The highest BCUT2D eigenvalue weighted by molar-refractivity contribution is 8.00. The molecule has 2 nitrogen and oxygen atoms in total. The Morgan fingerprint density at radius 3 is 2.47 bits per heavy atom. The van der Waals surface area contributed by atoms with Crippen molar-refractivity contribution in [2.75, 3.05) is 0 Å². The third-order valence-electron chi connectivity index (χ3n) is 3.18. The van der Waals surface area contributed by atoms with Crippen LogP contribution in [0.2, 0.25) is 0 Å². The fraction of sp³-hybridized carbons (Fsp3) is 0.929. The first-order valence-corrected chi connectivity index (χ1v) is 7.88. The monoisotopic (exact) mass is 257 g/mol. The van der Waals surface area contributed by atoms with E-state index in [2.05, 4.69) is 30.9 Å². The van der Waals surface area contributed by atoms with Gasteiger partial charge in [-0.1, -0.05) is 26.7 Å². The largest absolute Gasteiger partial charge is 0.354 e. The van der Waals surface area contributed by atoms with Gasteiger partial charge in [-0.15, -0.1) is 0 Å². The summed E-state index contributed by atoms with van der Waals surface area (Å²) >= 11 is 2.06. The van der Waals surface area contributed by atoms with Crippen molar-refractivity contribution in [1.82, 2.24) is 5.32 Å². The van der Waals surface area contributed by atoms with Crippen LogP contribution >= 0.6 is 11.8 Å². The second kappa shape index (κ2) is 7.30. The summed E-state index contributed by atoms with van der Waals surface area (Å²) in [6.07, 6.45) is 5.89. The first-order chi connectivity index (χ1) is 7.99. The predicted octanol–water partition coefficient (Wildman–Crippen LogP) is 3.60. The number of nitrogens with one attached hydrogen (secondary N) is 1. The molecule has 0 bridgehead atoms. The van der Waals surface area contributed by atoms with Crippen LogP contribution in [0.4, 0.5) is 0 Å². The Bertz CT molecular complexity index is 240. The maximum Gasteiger partial charge on any atom is 0.220 e. The third-order valence-corrected chi connectivity index (χ3v) is 4.70. The van der Waals surface area contributed by atoms with E-state index in [9.17, 15) is 4.79 Å². The van der Waals surface area contributed by atoms with Crippen molar-refractivity contribution in [3.8, 4) is 0 Å². The molecule has 0 aromatic carbocycles. The minimum Gasteiger partial charge on any atom is -0.354 e. The maximum absolute atomic E-state index is 11.8. The molecular weight excluding hydrogens is 230 g/mol. The Balaban J connectivity index is 2.44. The fourth-order valence-electron chi connectivity index (χ4n) is 2.55. The molecule has 1 saturated carbocycles. The SMILES string of the molecule is CC(C)NC(=O)CC1CCCCC1SC(C)C. The average Bonchev–Trinajstić information content (AvgIpc) is 2.18. The standard InChI is InChI=1S/C14H27NOS/c1-10(2)15-14(16)9-12-7-5-6-8-13(12)17-11(3)4/h10-13H,5-9H2,1-4H3,(H,15,16). The van der Waals surface area contributed by atoms with Crippen LogP contribution in [0, 0.1) is 5.92 Å². The predicted molar refractivity (Wildman–Crippen MR) is 76.4 cm³/mol. The summed E-state index contributed by atoms with van der Waals surface area (Å²) in [5.74, 6) is 0.830. The second-order valence-corrected chi connectivity index (χ2v) is 7.51. The molecule has 0 aliphatic heterocycles. The number of hydrogen-bond donors (Lipinski definition) is 1. The molecule has 0 aromatic heterocycles. The minimum absolute atomic E-state index is 0.237. The zero-order valence-corrected chi connectivity index (χ0v) is 12.5. The van der Waals surface area contributed by atoms with Crippen molar-refractivity contribution < 1.29 is 4.79 Å². The van der Waals surface area contributed by atoms with Crippen LogP contribution in [0.5, 0.6) is 0 Å². The molecule has 1 aliphatic rings. The summed E-state index contributed by atoms with van der Waals surface area (Å²) < 4.78 is 0. The van der Waals surface area contributed by atoms with Crippen molar-refractivity contribution in [3.05, 3.63) is 0 Å². The minimum atomic E-state index is 0.237. The van der Waals surface area contributed by atoms with Crippen LogP contribution in [-0.2, 0) is 4.79 Å². The first kappa shape index (κ1) is 14.9. The molecule has 3 heteroatoms. The fourth-order valence-corrected chi connectivity index (χ4v) is 4.01. The average molecular weight is 257 g/mol. The van der Waals surface area contributed by atoms with Gasteiger partial charge < -0.3 is 5.32 Å². The molecule has 0 radical (unpaired) electrons. The van der Waals surface area contributed by atoms with E-state index in [0.717, 1.165) is 6.42 Å². The summed E-state index contributed by atoms with van der Waals surface area (Å²) in [6, 6.07) is 0.266. The molecule has 1 aliphatic carbocycles. The van der Waals surface area contributed by atoms with Crippen molar-refractivity contribution >= 4 is 17.7 Å². The van der Waals surface area contributed by atoms with Gasteiger partial charge in [0.05, 0.1) is 0 Å². The Hall–Kier alpha value is -0.180. The summed E-state index contributed by atoms with van der Waals surface area (Å²) in [7, 11) is 0. The number of rotatable bonds is 5. The van der Waals surface area contributed by atoms with Gasteiger partial charge in [-0.25, -0.2) is 0 Å². The molecule has 0 aromatic rings. The van der Waals surface area contributed by atoms with E-state index in [4.69, 9.17) is 0 Å². The van der Waals surface area contributed by atoms with Crippen molar-refractivity contribution in [2.24, 2.45) is 5.92 Å². The lowest BCUT2D eigenvalue weighted by atomic mass is 9.86. The molecule has 1 N–H and O–H groups in total. The van der Waals surface area contributed by atoms with Gasteiger partial charge >= 0.3 is 0 Å². The Morgan fingerprint density at radius 1 is 1.24 bits per heavy atom. The topological polar surface area (TPSA) is 29.1 Å².